The Kier molecular flexibility index (Phi) is 39.7. The zero-order valence-corrected chi connectivity index (χ0v) is 53.1. The average molecular weight is 1350 g/mol. The summed E-state index contributed by atoms with van der Waals surface area (Å²) < 4.78 is 0. The van der Waals surface area contributed by atoms with Gasteiger partial charge in [-0.1, -0.05) is 13.8 Å². The van der Waals surface area contributed by atoms with Gasteiger partial charge in [-0.3, -0.25) is 67.1 Å². The van der Waals surface area contributed by atoms with Crippen molar-refractivity contribution in [2.45, 2.75) is 209 Å². The zero-order chi connectivity index (χ0) is 72.4. The van der Waals surface area contributed by atoms with Crippen LogP contribution in [-0.4, -0.2) is 276 Å². The molecule has 40 heteroatoms. The first-order chi connectivity index (χ1) is 43.8. The van der Waals surface area contributed by atoms with Gasteiger partial charge in [0.15, 0.2) is 6.04 Å². The zero-order valence-electron chi connectivity index (χ0n) is 53.1. The number of aliphatic hydroxyl groups excluding tert-OH is 7. The molecule has 0 aromatic carbocycles. The van der Waals surface area contributed by atoms with Crippen LogP contribution in [0.3, 0.4) is 0 Å². The predicted octanol–water partition coefficient (Wildman–Crippen LogP) is -12.0. The Morgan fingerprint density at radius 1 is 0.330 bits per heavy atom. The molecule has 0 aliphatic heterocycles. The van der Waals surface area contributed by atoms with Gasteiger partial charge in [0.25, 0.3) is 0 Å². The van der Waals surface area contributed by atoms with E-state index in [0.29, 0.717) is 12.8 Å². The first-order valence-electron chi connectivity index (χ1n) is 29.8. The molecule has 0 saturated carbocycles. The molecule has 0 radical (unpaired) electrons. The van der Waals surface area contributed by atoms with Gasteiger partial charge in [-0.2, -0.15) is 0 Å². The molecular formula is C54H95N15O25. The molecule has 17 atom stereocenters. The normalized spacial score (nSPS) is 16.7. The van der Waals surface area contributed by atoms with Crippen LogP contribution in [0.15, 0.2) is 0 Å². The van der Waals surface area contributed by atoms with Crippen LogP contribution in [0.1, 0.15) is 106 Å². The molecule has 40 nitrogen and oxygen atoms in total. The van der Waals surface area contributed by atoms with Crippen molar-refractivity contribution < 1.29 is 123 Å². The van der Waals surface area contributed by atoms with E-state index in [-0.39, 0.29) is 45.2 Å². The van der Waals surface area contributed by atoms with E-state index in [2.05, 4.69) is 42.5 Å². The summed E-state index contributed by atoms with van der Waals surface area (Å²) in [6.07, 6.45) is -8.63. The average Bonchev–Trinajstić information content (AvgIpc) is 3.63. The minimum atomic E-state index is -2.15. The van der Waals surface area contributed by atoms with E-state index in [0.717, 1.165) is 27.7 Å². The molecule has 536 valence electrons. The van der Waals surface area contributed by atoms with E-state index in [9.17, 15) is 118 Å². The molecule has 0 heterocycles. The van der Waals surface area contributed by atoms with E-state index >= 15 is 0 Å². The molecule has 0 fully saturated rings. The van der Waals surface area contributed by atoms with Crippen LogP contribution in [0.4, 0.5) is 0 Å². The fraction of sp³-hybridized carbons (Fsp3) is 0.722. The van der Waals surface area contributed by atoms with E-state index in [1.165, 1.54) is 6.92 Å². The Bertz CT molecular complexity index is 2580. The van der Waals surface area contributed by atoms with Crippen molar-refractivity contribution in [3.63, 3.8) is 0 Å². The Labute approximate surface area is 539 Å². The van der Waals surface area contributed by atoms with Crippen molar-refractivity contribution in [2.75, 3.05) is 32.9 Å². The third-order valence-electron chi connectivity index (χ3n) is 13.7. The molecule has 12 amide bonds. The molecule has 28 N–H and O–H groups in total. The molecule has 0 rings (SSSR count). The molecule has 0 aliphatic carbocycles. The van der Waals surface area contributed by atoms with Gasteiger partial charge in [-0.15, -0.1) is 0 Å². The minimum absolute atomic E-state index is 0.0136. The highest BCUT2D eigenvalue weighted by Crippen LogP contribution is 2.11. The number of carboxylic acid groups (broad SMARTS) is 3. The summed E-state index contributed by atoms with van der Waals surface area (Å²) >= 11 is 0. The molecule has 0 aromatic heterocycles. The number of nitrogens with two attached hydrogens (primary N) is 3. The van der Waals surface area contributed by atoms with Gasteiger partial charge in [0.2, 0.25) is 70.9 Å². The lowest BCUT2D eigenvalue weighted by molar-refractivity contribution is -0.145. The molecule has 94 heavy (non-hydrogen) atoms. The van der Waals surface area contributed by atoms with Gasteiger partial charge in [0.1, 0.15) is 66.5 Å². The summed E-state index contributed by atoms with van der Waals surface area (Å²) in [5.74, 6) is -20.1. The lowest BCUT2D eigenvalue weighted by Crippen LogP contribution is -2.64. The largest absolute Gasteiger partial charge is 0.481 e. The summed E-state index contributed by atoms with van der Waals surface area (Å²) in [7, 11) is 0. The van der Waals surface area contributed by atoms with Crippen LogP contribution < -0.4 is 81.0 Å². The smallest absolute Gasteiger partial charge is 0.328 e. The fourth-order valence-corrected chi connectivity index (χ4v) is 8.38. The Hall–Kier alpha value is -8.35. The van der Waals surface area contributed by atoms with Gasteiger partial charge in [-0.05, 0) is 98.6 Å². The van der Waals surface area contributed by atoms with Crippen LogP contribution >= 0.6 is 0 Å². The van der Waals surface area contributed by atoms with Crippen molar-refractivity contribution in [1.29, 1.82) is 0 Å². The van der Waals surface area contributed by atoms with E-state index < -0.39 is 230 Å². The summed E-state index contributed by atoms with van der Waals surface area (Å²) in [4.78, 5) is 196. The minimum Gasteiger partial charge on any atom is -0.481 e. The quantitative estimate of drug-likeness (QED) is 0.0252. The Balaban J connectivity index is 6.54. The van der Waals surface area contributed by atoms with Crippen molar-refractivity contribution in [1.82, 2.24) is 63.8 Å². The van der Waals surface area contributed by atoms with Gasteiger partial charge < -0.3 is 132 Å². The van der Waals surface area contributed by atoms with Crippen molar-refractivity contribution in [3.05, 3.63) is 0 Å². The second-order valence-corrected chi connectivity index (χ2v) is 22.5. The molecule has 0 aliphatic rings. The van der Waals surface area contributed by atoms with Gasteiger partial charge >= 0.3 is 17.9 Å². The van der Waals surface area contributed by atoms with E-state index in [4.69, 9.17) is 22.3 Å². The molecular weight excluding hydrogens is 1260 g/mol. The number of carbonyl (C=O) groups excluding carboxylic acids is 12. The van der Waals surface area contributed by atoms with Crippen molar-refractivity contribution in [2.24, 2.45) is 23.1 Å². The van der Waals surface area contributed by atoms with Crippen LogP contribution in [0.5, 0.6) is 0 Å². The number of carboxylic acids is 3. The highest BCUT2D eigenvalue weighted by Gasteiger charge is 2.40. The summed E-state index contributed by atoms with van der Waals surface area (Å²) in [5, 5.41) is 125. The van der Waals surface area contributed by atoms with Crippen LogP contribution in [0, 0.1) is 5.92 Å². The first-order valence-corrected chi connectivity index (χ1v) is 29.8. The first kappa shape index (κ1) is 85.7. The predicted molar refractivity (Wildman–Crippen MR) is 322 cm³/mol. The van der Waals surface area contributed by atoms with E-state index in [1.54, 1.807) is 13.8 Å². The summed E-state index contributed by atoms with van der Waals surface area (Å²) in [6.45, 7) is 5.17. The number of hydrogen-bond donors (Lipinski definition) is 25. The second-order valence-electron chi connectivity index (χ2n) is 22.5. The number of amides is 12. The number of unbranched alkanes of at least 4 members (excludes halogenated alkanes) is 2. The molecule has 0 saturated heterocycles. The lowest BCUT2D eigenvalue weighted by atomic mass is 10.0. The van der Waals surface area contributed by atoms with Crippen molar-refractivity contribution >= 4 is 88.8 Å². The number of aliphatic hydroxyl groups is 7. The molecule has 0 unspecified atom stereocenters. The summed E-state index contributed by atoms with van der Waals surface area (Å²) in [5.41, 5.74) is 16.8. The number of aliphatic carboxylic acids is 3. The van der Waals surface area contributed by atoms with Gasteiger partial charge in [0.05, 0.1) is 63.1 Å². The number of nitrogens with one attached hydrogen (secondary N) is 12. The van der Waals surface area contributed by atoms with E-state index in [1.807, 2.05) is 21.3 Å². The van der Waals surface area contributed by atoms with Crippen LogP contribution in [-0.2, 0) is 71.9 Å². The summed E-state index contributed by atoms with van der Waals surface area (Å²) in [6, 6.07) is -23.6. The third-order valence-corrected chi connectivity index (χ3v) is 13.7. The maximum Gasteiger partial charge on any atom is 0.328 e. The highest BCUT2D eigenvalue weighted by atomic mass is 16.4. The monoisotopic (exact) mass is 1350 g/mol. The molecule has 0 bridgehead atoms. The molecule has 0 aromatic rings. The highest BCUT2D eigenvalue weighted by molar-refractivity contribution is 6.00. The van der Waals surface area contributed by atoms with Crippen molar-refractivity contribution in [3.8, 4) is 0 Å². The lowest BCUT2D eigenvalue weighted by Gasteiger charge is -2.30. The third kappa shape index (κ3) is 31.1. The topological polar surface area (TPSA) is 681 Å². The van der Waals surface area contributed by atoms with Gasteiger partial charge in [0, 0.05) is 0 Å². The SMILES string of the molecule is CC(C)C[C@H](NC(=O)[C@@H](NC(=O)[C@H](C)NC(=O)[C@H](CCCCN)NC(=O)[C@@H](N)CC(=O)O)[C@@H](C)O)C(=O)N[C@H](C(=O)N[C@H](C(=O)N[C@@H](CC(=O)O)C(=O)N[C@@H](CCCCN)C(=O)N[C@@H](CO)C(=O)N[C@@H](CO)C(=O)N[C@@H](CO)C(=O)N[C@H](C(=O)O)[C@@H](C)O)[C@@H](C)O)[C@@H](C)O. The Morgan fingerprint density at radius 2 is 0.617 bits per heavy atom. The number of hydrogen-bond acceptors (Lipinski definition) is 25. The maximum absolute atomic E-state index is 14.0. The Morgan fingerprint density at radius 3 is 0.979 bits per heavy atom. The number of rotatable bonds is 46. The number of carbonyl (C=O) groups is 15. The van der Waals surface area contributed by atoms with Gasteiger partial charge in [-0.25, -0.2) is 4.79 Å². The second kappa shape index (κ2) is 43.5. The standard InChI is InChI=1S/C54H95N15O25/c1-22(2)16-31(61-51(90)38(24(4)73)66-42(81)23(3)58-44(83)29(12-8-10-14-55)59-43(82)28(57)17-36(77)78)47(86)67-40(26(6)75)53(92)68-39(25(5)74)52(91)62-32(18-37(79)80)46(85)60-30(13-9-11-15-56)45(84)63-33(19-70)48(87)64-34(20-71)49(88)65-35(21-72)50(89)69-41(27(7)76)54(93)94/h22-35,38-41,70-76H,8-21,55-57H2,1-7H3,(H,58,83)(H,59,82)(H,60,85)(H,61,90)(H,62,91)(H,63,84)(H,64,87)(H,65,88)(H,66,81)(H,67,86)(H,68,92)(H,69,89)(H,77,78)(H,79,80)(H,93,94)/t23-,24+,25+,26+,27+,28-,29-,30-,31-,32-,33-,34-,35-,38-,39-,40-,41-/m0/s1. The molecule has 0 spiro atoms. The van der Waals surface area contributed by atoms with Crippen LogP contribution in [0.2, 0.25) is 0 Å². The maximum atomic E-state index is 14.0. The van der Waals surface area contributed by atoms with Crippen LogP contribution in [0.25, 0.3) is 0 Å². The fourth-order valence-electron chi connectivity index (χ4n) is 8.38.